The van der Waals surface area contributed by atoms with Gasteiger partial charge in [0.25, 0.3) is 0 Å². The topological polar surface area (TPSA) is 36.6 Å². The number of aliphatic hydroxyl groups excluding tert-OH is 1. The molecule has 4 heteroatoms. The molecular weight excluding hydrogens is 293 g/mol. The van der Waals surface area contributed by atoms with Crippen molar-refractivity contribution in [1.29, 1.82) is 0 Å². The molecule has 23 heavy (non-hydrogen) atoms. The number of halogens is 1. The summed E-state index contributed by atoms with van der Waals surface area (Å²) in [6, 6.07) is 10.7. The second-order valence-electron chi connectivity index (χ2n) is 6.44. The lowest BCUT2D eigenvalue weighted by Crippen LogP contribution is -2.35. The molecule has 1 N–H and O–H groups in total. The lowest BCUT2D eigenvalue weighted by molar-refractivity contribution is 0.149. The molecule has 1 atom stereocenters. The Morgan fingerprint density at radius 2 is 2.09 bits per heavy atom. The van der Waals surface area contributed by atoms with Crippen LogP contribution in [-0.2, 0) is 19.6 Å². The molecule has 0 saturated carbocycles. The minimum Gasteiger partial charge on any atom is -0.462 e. The van der Waals surface area contributed by atoms with E-state index in [0.717, 1.165) is 43.8 Å². The normalized spacial score (nSPS) is 19.1. The average Bonchev–Trinajstić information content (AvgIpc) is 3.01. The van der Waals surface area contributed by atoms with Gasteiger partial charge in [-0.15, -0.1) is 0 Å². The molecule has 124 valence electrons. The number of hydrogen-bond acceptors (Lipinski definition) is 3. The Morgan fingerprint density at radius 1 is 1.22 bits per heavy atom. The molecule has 3 rings (SSSR count). The van der Waals surface area contributed by atoms with Crippen LogP contribution in [0.25, 0.3) is 0 Å². The molecule has 2 aromatic rings. The van der Waals surface area contributed by atoms with Crippen molar-refractivity contribution in [1.82, 2.24) is 4.90 Å². The molecule has 1 aliphatic rings. The number of furan rings is 1. The van der Waals surface area contributed by atoms with E-state index in [-0.39, 0.29) is 12.4 Å². The first-order chi connectivity index (χ1) is 11.2. The third-order valence-corrected chi connectivity index (χ3v) is 4.59. The summed E-state index contributed by atoms with van der Waals surface area (Å²) in [6.45, 7) is 2.91. The van der Waals surface area contributed by atoms with Gasteiger partial charge in [0.1, 0.15) is 23.9 Å². The van der Waals surface area contributed by atoms with Gasteiger partial charge in [0, 0.05) is 6.54 Å². The first-order valence-electron chi connectivity index (χ1n) is 8.38. The smallest absolute Gasteiger partial charge is 0.129 e. The zero-order valence-corrected chi connectivity index (χ0v) is 13.4. The van der Waals surface area contributed by atoms with Crippen LogP contribution in [0.15, 0.2) is 40.8 Å². The van der Waals surface area contributed by atoms with Crippen LogP contribution in [0.5, 0.6) is 0 Å². The molecule has 1 aromatic heterocycles. The summed E-state index contributed by atoms with van der Waals surface area (Å²) in [5, 5.41) is 9.06. The molecule has 1 aromatic carbocycles. The maximum Gasteiger partial charge on any atom is 0.129 e. The van der Waals surface area contributed by atoms with E-state index in [9.17, 15) is 4.39 Å². The van der Waals surface area contributed by atoms with Crippen LogP contribution >= 0.6 is 0 Å². The van der Waals surface area contributed by atoms with Crippen LogP contribution in [0.2, 0.25) is 0 Å². The Balaban J connectivity index is 1.49. The van der Waals surface area contributed by atoms with Crippen molar-refractivity contribution >= 4 is 0 Å². The van der Waals surface area contributed by atoms with Crippen LogP contribution in [0.3, 0.4) is 0 Å². The van der Waals surface area contributed by atoms with E-state index in [1.807, 2.05) is 18.2 Å². The van der Waals surface area contributed by atoms with Gasteiger partial charge < -0.3 is 9.52 Å². The highest BCUT2D eigenvalue weighted by molar-refractivity contribution is 5.16. The largest absolute Gasteiger partial charge is 0.462 e. The Hall–Kier alpha value is -1.65. The molecule has 1 aliphatic heterocycles. The minimum atomic E-state index is -0.148. The maximum absolute atomic E-state index is 13.2. The SMILES string of the molecule is OCc1ccc(CN2CCCC(CCc3cccc(F)c3)C2)o1. The van der Waals surface area contributed by atoms with Crippen LogP contribution in [0.1, 0.15) is 36.3 Å². The van der Waals surface area contributed by atoms with Crippen molar-refractivity contribution in [2.45, 2.75) is 38.8 Å². The number of hydrogen-bond donors (Lipinski definition) is 1. The highest BCUT2D eigenvalue weighted by atomic mass is 19.1. The standard InChI is InChI=1S/C19H24FNO2/c20-17-5-1-3-15(11-17)6-7-16-4-2-10-21(12-16)13-18-8-9-19(14-22)23-18/h1,3,5,8-9,11,16,22H,2,4,6-7,10,12-14H2. The van der Waals surface area contributed by atoms with Crippen LogP contribution in [0.4, 0.5) is 4.39 Å². The predicted molar refractivity (Wildman–Crippen MR) is 87.4 cm³/mol. The minimum absolute atomic E-state index is 0.0454. The van der Waals surface area contributed by atoms with Crippen molar-refractivity contribution in [2.24, 2.45) is 5.92 Å². The summed E-state index contributed by atoms with van der Waals surface area (Å²) < 4.78 is 18.8. The third kappa shape index (κ3) is 4.66. The van der Waals surface area contributed by atoms with Gasteiger partial charge in [-0.05, 0) is 68.0 Å². The van der Waals surface area contributed by atoms with Crippen LogP contribution < -0.4 is 0 Å². The van der Waals surface area contributed by atoms with Gasteiger partial charge in [-0.25, -0.2) is 4.39 Å². The molecule has 0 spiro atoms. The maximum atomic E-state index is 13.2. The van der Waals surface area contributed by atoms with Crippen molar-refractivity contribution in [3.8, 4) is 0 Å². The quantitative estimate of drug-likeness (QED) is 0.881. The first-order valence-corrected chi connectivity index (χ1v) is 8.38. The van der Waals surface area contributed by atoms with Crippen LogP contribution in [0, 0.1) is 11.7 Å². The molecular formula is C19H24FNO2. The van der Waals surface area contributed by atoms with Crippen molar-refractivity contribution in [2.75, 3.05) is 13.1 Å². The molecule has 1 unspecified atom stereocenters. The van der Waals surface area contributed by atoms with Gasteiger partial charge in [0.05, 0.1) is 6.54 Å². The number of rotatable bonds is 6. The van der Waals surface area contributed by atoms with Crippen molar-refractivity contribution < 1.29 is 13.9 Å². The molecule has 1 saturated heterocycles. The van der Waals surface area contributed by atoms with E-state index < -0.39 is 0 Å². The molecule has 0 aliphatic carbocycles. The first kappa shape index (κ1) is 16.2. The van der Waals surface area contributed by atoms with Gasteiger partial charge in [-0.2, -0.15) is 0 Å². The summed E-state index contributed by atoms with van der Waals surface area (Å²) in [5.41, 5.74) is 1.08. The summed E-state index contributed by atoms with van der Waals surface area (Å²) in [7, 11) is 0. The Bertz CT molecular complexity index is 625. The lowest BCUT2D eigenvalue weighted by atomic mass is 9.91. The van der Waals surface area contributed by atoms with Gasteiger partial charge >= 0.3 is 0 Å². The van der Waals surface area contributed by atoms with E-state index in [1.54, 1.807) is 12.1 Å². The molecule has 1 fully saturated rings. The zero-order chi connectivity index (χ0) is 16.1. The summed E-state index contributed by atoms with van der Waals surface area (Å²) in [4.78, 5) is 2.42. The van der Waals surface area contributed by atoms with Gasteiger partial charge in [0.2, 0.25) is 0 Å². The molecule has 0 amide bonds. The summed E-state index contributed by atoms with van der Waals surface area (Å²) >= 11 is 0. The van der Waals surface area contributed by atoms with E-state index in [1.165, 1.54) is 18.9 Å². The molecule has 2 heterocycles. The van der Waals surface area contributed by atoms with Gasteiger partial charge in [-0.3, -0.25) is 4.90 Å². The zero-order valence-electron chi connectivity index (χ0n) is 13.4. The van der Waals surface area contributed by atoms with Crippen molar-refractivity contribution in [3.05, 3.63) is 59.3 Å². The van der Waals surface area contributed by atoms with Gasteiger partial charge in [0.15, 0.2) is 0 Å². The fraction of sp³-hybridized carbons (Fsp3) is 0.474. The second kappa shape index (κ2) is 7.75. The summed E-state index contributed by atoms with van der Waals surface area (Å²) in [5.74, 6) is 2.05. The Labute approximate surface area is 136 Å². The second-order valence-corrected chi connectivity index (χ2v) is 6.44. The Kier molecular flexibility index (Phi) is 5.47. The van der Waals surface area contributed by atoms with Crippen LogP contribution in [-0.4, -0.2) is 23.1 Å². The van der Waals surface area contributed by atoms with Crippen molar-refractivity contribution in [3.63, 3.8) is 0 Å². The van der Waals surface area contributed by atoms with E-state index in [2.05, 4.69) is 4.90 Å². The number of benzene rings is 1. The molecule has 0 bridgehead atoms. The molecule has 3 nitrogen and oxygen atoms in total. The fourth-order valence-corrected chi connectivity index (χ4v) is 3.41. The monoisotopic (exact) mass is 317 g/mol. The number of aliphatic hydroxyl groups is 1. The number of likely N-dealkylation sites (tertiary alicyclic amines) is 1. The van der Waals surface area contributed by atoms with E-state index >= 15 is 0 Å². The molecule has 0 radical (unpaired) electrons. The summed E-state index contributed by atoms with van der Waals surface area (Å²) in [6.07, 6.45) is 4.47. The highest BCUT2D eigenvalue weighted by Crippen LogP contribution is 2.23. The third-order valence-electron chi connectivity index (χ3n) is 4.59. The fourth-order valence-electron chi connectivity index (χ4n) is 3.41. The predicted octanol–water partition coefficient (Wildman–Crippen LogP) is 3.76. The van der Waals surface area contributed by atoms with E-state index in [4.69, 9.17) is 9.52 Å². The lowest BCUT2D eigenvalue weighted by Gasteiger charge is -2.32. The highest BCUT2D eigenvalue weighted by Gasteiger charge is 2.20. The number of nitrogens with zero attached hydrogens (tertiary/aromatic N) is 1. The average molecular weight is 317 g/mol. The number of piperidine rings is 1. The Morgan fingerprint density at radius 3 is 2.87 bits per heavy atom. The van der Waals surface area contributed by atoms with E-state index in [0.29, 0.717) is 11.7 Å². The number of aryl methyl sites for hydroxylation is 1. The van der Waals surface area contributed by atoms with Gasteiger partial charge in [-0.1, -0.05) is 12.1 Å².